The lowest BCUT2D eigenvalue weighted by Gasteiger charge is -2.30. The summed E-state index contributed by atoms with van der Waals surface area (Å²) in [5.41, 5.74) is 6.38. The number of nitrogens with two attached hydrogens (primary N) is 1. The maximum absolute atomic E-state index is 6.38. The number of nitrogens with zero attached hydrogens (tertiary/aromatic N) is 1. The van der Waals surface area contributed by atoms with Gasteiger partial charge in [-0.25, -0.2) is 0 Å². The SMILES string of the molecule is CCCC1CCCC(N2CC3CCCC(N)C3C2)CC1. The van der Waals surface area contributed by atoms with Gasteiger partial charge in [-0.3, -0.25) is 4.90 Å². The van der Waals surface area contributed by atoms with Crippen LogP contribution < -0.4 is 5.73 Å². The highest BCUT2D eigenvalue weighted by Gasteiger charge is 2.40. The van der Waals surface area contributed by atoms with Crippen LogP contribution in [-0.2, 0) is 0 Å². The first-order valence-corrected chi connectivity index (χ1v) is 9.27. The third-order valence-corrected chi connectivity index (χ3v) is 6.45. The van der Waals surface area contributed by atoms with Crippen molar-refractivity contribution < 1.29 is 0 Å². The Labute approximate surface area is 125 Å². The fourth-order valence-electron chi connectivity index (χ4n) is 5.27. The minimum absolute atomic E-state index is 0.498. The lowest BCUT2D eigenvalue weighted by atomic mass is 9.78. The molecule has 116 valence electrons. The van der Waals surface area contributed by atoms with Crippen LogP contribution in [0, 0.1) is 17.8 Å². The highest BCUT2D eigenvalue weighted by molar-refractivity contribution is 4.95. The molecule has 2 aliphatic carbocycles. The van der Waals surface area contributed by atoms with Gasteiger partial charge in [0.1, 0.15) is 0 Å². The highest BCUT2D eigenvalue weighted by atomic mass is 15.2. The lowest BCUT2D eigenvalue weighted by Crippen LogP contribution is -2.39. The van der Waals surface area contributed by atoms with Gasteiger partial charge in [0.05, 0.1) is 0 Å². The van der Waals surface area contributed by atoms with Crippen molar-refractivity contribution in [3.05, 3.63) is 0 Å². The second-order valence-corrected chi connectivity index (χ2v) is 7.79. The molecule has 3 rings (SSSR count). The average Bonchev–Trinajstić information content (AvgIpc) is 2.74. The molecule has 0 bridgehead atoms. The number of rotatable bonds is 3. The van der Waals surface area contributed by atoms with E-state index < -0.39 is 0 Å². The van der Waals surface area contributed by atoms with E-state index in [9.17, 15) is 0 Å². The molecule has 2 nitrogen and oxygen atoms in total. The molecule has 0 radical (unpaired) electrons. The monoisotopic (exact) mass is 278 g/mol. The Bertz CT molecular complexity index is 304. The summed E-state index contributed by atoms with van der Waals surface area (Å²) in [5, 5.41) is 0. The van der Waals surface area contributed by atoms with E-state index >= 15 is 0 Å². The second-order valence-electron chi connectivity index (χ2n) is 7.79. The Balaban J connectivity index is 1.54. The maximum atomic E-state index is 6.38. The summed E-state index contributed by atoms with van der Waals surface area (Å²) >= 11 is 0. The van der Waals surface area contributed by atoms with Crippen LogP contribution in [0.3, 0.4) is 0 Å². The second kappa shape index (κ2) is 6.79. The van der Waals surface area contributed by atoms with Crippen molar-refractivity contribution in [1.29, 1.82) is 0 Å². The zero-order chi connectivity index (χ0) is 13.9. The number of hydrogen-bond donors (Lipinski definition) is 1. The standard InChI is InChI=1S/C18H34N2/c1-2-5-14-6-3-8-16(11-10-14)20-12-15-7-4-9-18(19)17(15)13-20/h14-18H,2-13,19H2,1H3. The van der Waals surface area contributed by atoms with E-state index in [1.165, 1.54) is 77.3 Å². The molecule has 5 unspecified atom stereocenters. The molecule has 3 fully saturated rings. The van der Waals surface area contributed by atoms with Crippen molar-refractivity contribution in [3.8, 4) is 0 Å². The van der Waals surface area contributed by atoms with Crippen LogP contribution in [0.1, 0.15) is 71.1 Å². The summed E-state index contributed by atoms with van der Waals surface area (Å²) in [6, 6.07) is 1.38. The van der Waals surface area contributed by atoms with Crippen molar-refractivity contribution in [2.24, 2.45) is 23.5 Å². The fourth-order valence-corrected chi connectivity index (χ4v) is 5.27. The minimum atomic E-state index is 0.498. The van der Waals surface area contributed by atoms with Crippen LogP contribution in [0.25, 0.3) is 0 Å². The summed E-state index contributed by atoms with van der Waals surface area (Å²) in [7, 11) is 0. The molecule has 5 atom stereocenters. The van der Waals surface area contributed by atoms with E-state index in [1.54, 1.807) is 0 Å². The van der Waals surface area contributed by atoms with Gasteiger partial charge in [0.15, 0.2) is 0 Å². The van der Waals surface area contributed by atoms with Gasteiger partial charge in [-0.15, -0.1) is 0 Å². The molecule has 0 spiro atoms. The highest BCUT2D eigenvalue weighted by Crippen LogP contribution is 2.39. The van der Waals surface area contributed by atoms with Crippen molar-refractivity contribution in [2.75, 3.05) is 13.1 Å². The van der Waals surface area contributed by atoms with Crippen molar-refractivity contribution in [2.45, 2.75) is 83.2 Å². The van der Waals surface area contributed by atoms with Crippen LogP contribution in [0.2, 0.25) is 0 Å². The quantitative estimate of drug-likeness (QED) is 0.796. The van der Waals surface area contributed by atoms with Gasteiger partial charge in [-0.1, -0.05) is 39.0 Å². The molecule has 0 aromatic rings. The first kappa shape index (κ1) is 14.8. The van der Waals surface area contributed by atoms with Crippen LogP contribution in [-0.4, -0.2) is 30.1 Å². The summed E-state index contributed by atoms with van der Waals surface area (Å²) in [5.74, 6) is 2.77. The molecular weight excluding hydrogens is 244 g/mol. The van der Waals surface area contributed by atoms with E-state index in [1.807, 2.05) is 0 Å². The predicted molar refractivity (Wildman–Crippen MR) is 85.7 cm³/mol. The molecule has 2 N–H and O–H groups in total. The summed E-state index contributed by atoms with van der Waals surface area (Å²) in [6.07, 6.45) is 14.3. The average molecular weight is 278 g/mol. The predicted octanol–water partition coefficient (Wildman–Crippen LogP) is 3.79. The van der Waals surface area contributed by atoms with Gasteiger partial charge in [0, 0.05) is 25.2 Å². The van der Waals surface area contributed by atoms with Gasteiger partial charge < -0.3 is 5.73 Å². The van der Waals surface area contributed by atoms with E-state index in [4.69, 9.17) is 5.73 Å². The van der Waals surface area contributed by atoms with Crippen LogP contribution in [0.5, 0.6) is 0 Å². The van der Waals surface area contributed by atoms with Crippen molar-refractivity contribution >= 4 is 0 Å². The maximum Gasteiger partial charge on any atom is 0.00956 e. The van der Waals surface area contributed by atoms with E-state index in [-0.39, 0.29) is 0 Å². The Morgan fingerprint density at radius 3 is 2.60 bits per heavy atom. The number of hydrogen-bond acceptors (Lipinski definition) is 2. The van der Waals surface area contributed by atoms with Crippen molar-refractivity contribution in [1.82, 2.24) is 4.90 Å². The molecule has 1 saturated heterocycles. The molecule has 0 aromatic carbocycles. The Kier molecular flexibility index (Phi) is 5.04. The minimum Gasteiger partial charge on any atom is -0.327 e. The van der Waals surface area contributed by atoms with E-state index in [0.717, 1.165) is 23.8 Å². The summed E-state index contributed by atoms with van der Waals surface area (Å²) in [6.45, 7) is 5.02. The van der Waals surface area contributed by atoms with Crippen LogP contribution in [0.15, 0.2) is 0 Å². The molecule has 2 saturated carbocycles. The molecular formula is C18H34N2. The Hall–Kier alpha value is -0.0800. The van der Waals surface area contributed by atoms with Crippen LogP contribution >= 0.6 is 0 Å². The molecule has 1 heterocycles. The zero-order valence-corrected chi connectivity index (χ0v) is 13.4. The summed E-state index contributed by atoms with van der Waals surface area (Å²) < 4.78 is 0. The van der Waals surface area contributed by atoms with Crippen LogP contribution in [0.4, 0.5) is 0 Å². The first-order valence-electron chi connectivity index (χ1n) is 9.27. The third kappa shape index (κ3) is 3.22. The van der Waals surface area contributed by atoms with Gasteiger partial charge in [-0.05, 0) is 49.9 Å². The zero-order valence-electron chi connectivity index (χ0n) is 13.4. The Morgan fingerprint density at radius 1 is 0.950 bits per heavy atom. The molecule has 3 aliphatic rings. The van der Waals surface area contributed by atoms with Crippen molar-refractivity contribution in [3.63, 3.8) is 0 Å². The number of likely N-dealkylation sites (tertiary alicyclic amines) is 1. The lowest BCUT2D eigenvalue weighted by molar-refractivity contribution is 0.206. The topological polar surface area (TPSA) is 29.3 Å². The normalized spacial score (nSPS) is 43.2. The van der Waals surface area contributed by atoms with Gasteiger partial charge >= 0.3 is 0 Å². The smallest absolute Gasteiger partial charge is 0.00956 e. The largest absolute Gasteiger partial charge is 0.327 e. The van der Waals surface area contributed by atoms with Gasteiger partial charge in [-0.2, -0.15) is 0 Å². The van der Waals surface area contributed by atoms with Gasteiger partial charge in [0.2, 0.25) is 0 Å². The summed E-state index contributed by atoms with van der Waals surface area (Å²) in [4.78, 5) is 2.84. The molecule has 20 heavy (non-hydrogen) atoms. The molecule has 2 heteroatoms. The first-order chi connectivity index (χ1) is 9.78. The fraction of sp³-hybridized carbons (Fsp3) is 1.00. The molecule has 0 amide bonds. The van der Waals surface area contributed by atoms with E-state index in [0.29, 0.717) is 6.04 Å². The Morgan fingerprint density at radius 2 is 1.80 bits per heavy atom. The van der Waals surface area contributed by atoms with E-state index in [2.05, 4.69) is 11.8 Å². The third-order valence-electron chi connectivity index (χ3n) is 6.45. The number of fused-ring (bicyclic) bond motifs is 1. The molecule has 1 aliphatic heterocycles. The molecule has 0 aromatic heterocycles. The van der Waals surface area contributed by atoms with Gasteiger partial charge in [0.25, 0.3) is 0 Å².